The van der Waals surface area contributed by atoms with Gasteiger partial charge in [-0.05, 0) is 48.9 Å². The van der Waals surface area contributed by atoms with E-state index in [2.05, 4.69) is 58.9 Å². The second-order valence-corrected chi connectivity index (χ2v) is 6.46. The number of thiophene rings is 1. The van der Waals surface area contributed by atoms with E-state index < -0.39 is 0 Å². The molecule has 0 radical (unpaired) electrons. The minimum Gasteiger partial charge on any atom is -0.372 e. The highest BCUT2D eigenvalue weighted by atomic mass is 32.1. The Morgan fingerprint density at radius 3 is 2.55 bits per heavy atom. The average molecular weight is 286 g/mol. The minimum absolute atomic E-state index is 0.424. The maximum atomic E-state index is 3.59. The summed E-state index contributed by atoms with van der Waals surface area (Å²) < 4.78 is 0. The van der Waals surface area contributed by atoms with Crippen LogP contribution in [0.3, 0.4) is 0 Å². The summed E-state index contributed by atoms with van der Waals surface area (Å²) in [6.45, 7) is 5.59. The van der Waals surface area contributed by atoms with Gasteiger partial charge in [-0.3, -0.25) is 0 Å². The van der Waals surface area contributed by atoms with E-state index in [0.717, 1.165) is 6.54 Å². The summed E-state index contributed by atoms with van der Waals surface area (Å²) in [6.07, 6.45) is 2.67. The van der Waals surface area contributed by atoms with Gasteiger partial charge < -0.3 is 10.2 Å². The first-order chi connectivity index (χ1) is 9.83. The second-order valence-electron chi connectivity index (χ2n) is 5.48. The first-order valence-electron chi connectivity index (χ1n) is 7.43. The van der Waals surface area contributed by atoms with Crippen LogP contribution in [0.2, 0.25) is 0 Å². The molecule has 1 fully saturated rings. The van der Waals surface area contributed by atoms with Gasteiger partial charge >= 0.3 is 0 Å². The molecule has 2 aromatic rings. The summed E-state index contributed by atoms with van der Waals surface area (Å²) in [6, 6.07) is 13.8. The third kappa shape index (κ3) is 3.22. The molecule has 20 heavy (non-hydrogen) atoms. The summed E-state index contributed by atoms with van der Waals surface area (Å²) in [5.41, 5.74) is 2.73. The molecule has 0 bridgehead atoms. The van der Waals surface area contributed by atoms with Gasteiger partial charge in [-0.25, -0.2) is 0 Å². The lowest BCUT2D eigenvalue weighted by Gasteiger charge is -2.18. The molecule has 0 unspecified atom stereocenters. The molecule has 2 nitrogen and oxygen atoms in total. The lowest BCUT2D eigenvalue weighted by Crippen LogP contribution is -2.18. The van der Waals surface area contributed by atoms with Crippen molar-refractivity contribution in [2.45, 2.75) is 32.4 Å². The highest BCUT2D eigenvalue weighted by molar-refractivity contribution is 7.10. The molecule has 1 aromatic heterocycles. The van der Waals surface area contributed by atoms with E-state index in [1.807, 2.05) is 11.3 Å². The number of nitrogens with zero attached hydrogens (tertiary/aromatic N) is 1. The smallest absolute Gasteiger partial charge is 0.0388 e. The van der Waals surface area contributed by atoms with Crippen LogP contribution in [0.5, 0.6) is 0 Å². The lowest BCUT2D eigenvalue weighted by molar-refractivity contribution is 0.583. The van der Waals surface area contributed by atoms with Crippen molar-refractivity contribution in [3.63, 3.8) is 0 Å². The van der Waals surface area contributed by atoms with Crippen molar-refractivity contribution in [1.82, 2.24) is 5.32 Å². The van der Waals surface area contributed by atoms with Crippen molar-refractivity contribution >= 4 is 17.0 Å². The Bertz CT molecular complexity index is 512. The zero-order valence-corrected chi connectivity index (χ0v) is 12.8. The van der Waals surface area contributed by atoms with E-state index >= 15 is 0 Å². The normalized spacial score (nSPS) is 16.6. The monoisotopic (exact) mass is 286 g/mol. The standard InChI is InChI=1S/C17H22N2S/c1-14(17-5-4-12-20-17)18-13-15-6-8-16(9-7-15)19-10-2-3-11-19/h4-9,12,14,18H,2-3,10-11,13H2,1H3/t14-/m1/s1. The SMILES string of the molecule is C[C@@H](NCc1ccc(N2CCCC2)cc1)c1cccs1. The fraction of sp³-hybridized carbons (Fsp3) is 0.412. The number of hydrogen-bond acceptors (Lipinski definition) is 3. The molecule has 0 spiro atoms. The van der Waals surface area contributed by atoms with Crippen LogP contribution in [0.25, 0.3) is 0 Å². The third-order valence-electron chi connectivity index (χ3n) is 3.99. The van der Waals surface area contributed by atoms with Crippen LogP contribution in [-0.4, -0.2) is 13.1 Å². The van der Waals surface area contributed by atoms with Crippen LogP contribution >= 0.6 is 11.3 Å². The van der Waals surface area contributed by atoms with Crippen LogP contribution in [0, 0.1) is 0 Å². The van der Waals surface area contributed by atoms with Crippen molar-refractivity contribution in [2.24, 2.45) is 0 Å². The molecular weight excluding hydrogens is 264 g/mol. The van der Waals surface area contributed by atoms with Crippen molar-refractivity contribution < 1.29 is 0 Å². The quantitative estimate of drug-likeness (QED) is 0.886. The van der Waals surface area contributed by atoms with Crippen LogP contribution in [0.1, 0.15) is 36.2 Å². The molecule has 0 saturated carbocycles. The molecule has 1 aliphatic heterocycles. The molecule has 2 heterocycles. The number of hydrogen-bond donors (Lipinski definition) is 1. The first-order valence-corrected chi connectivity index (χ1v) is 8.31. The first kappa shape index (κ1) is 13.7. The summed E-state index contributed by atoms with van der Waals surface area (Å²) in [5.74, 6) is 0. The number of nitrogens with one attached hydrogen (secondary N) is 1. The zero-order valence-electron chi connectivity index (χ0n) is 12.0. The summed E-state index contributed by atoms with van der Waals surface area (Å²) in [4.78, 5) is 3.88. The Hall–Kier alpha value is -1.32. The average Bonchev–Trinajstić information content (AvgIpc) is 3.18. The van der Waals surface area contributed by atoms with Gasteiger partial charge in [0.25, 0.3) is 0 Å². The predicted octanol–water partition coefficient (Wildman–Crippen LogP) is 4.20. The fourth-order valence-electron chi connectivity index (χ4n) is 2.71. The molecule has 0 aliphatic carbocycles. The molecule has 3 rings (SSSR count). The molecule has 1 aromatic carbocycles. The van der Waals surface area contributed by atoms with Gasteiger partial charge in [-0.15, -0.1) is 11.3 Å². The van der Waals surface area contributed by atoms with E-state index in [-0.39, 0.29) is 0 Å². The van der Waals surface area contributed by atoms with E-state index in [1.165, 1.54) is 42.1 Å². The fourth-order valence-corrected chi connectivity index (χ4v) is 3.47. The molecule has 106 valence electrons. The van der Waals surface area contributed by atoms with E-state index in [0.29, 0.717) is 6.04 Å². The number of anilines is 1. The van der Waals surface area contributed by atoms with E-state index in [9.17, 15) is 0 Å². The van der Waals surface area contributed by atoms with Crippen molar-refractivity contribution in [3.8, 4) is 0 Å². The molecule has 1 N–H and O–H groups in total. The summed E-state index contributed by atoms with van der Waals surface area (Å²) >= 11 is 1.82. The van der Waals surface area contributed by atoms with Crippen molar-refractivity contribution in [3.05, 3.63) is 52.2 Å². The maximum Gasteiger partial charge on any atom is 0.0388 e. The second kappa shape index (κ2) is 6.42. The predicted molar refractivity (Wildman–Crippen MR) is 87.5 cm³/mol. The Labute approximate surface area is 125 Å². The Morgan fingerprint density at radius 1 is 1.15 bits per heavy atom. The minimum atomic E-state index is 0.424. The molecule has 0 amide bonds. The van der Waals surface area contributed by atoms with Gasteiger partial charge in [-0.1, -0.05) is 18.2 Å². The molecule has 1 saturated heterocycles. The lowest BCUT2D eigenvalue weighted by atomic mass is 10.2. The Morgan fingerprint density at radius 2 is 1.90 bits per heavy atom. The Balaban J connectivity index is 1.55. The molecule has 1 atom stereocenters. The van der Waals surface area contributed by atoms with Gasteiger partial charge in [0.2, 0.25) is 0 Å². The Kier molecular flexibility index (Phi) is 4.38. The van der Waals surface area contributed by atoms with E-state index in [1.54, 1.807) is 0 Å². The van der Waals surface area contributed by atoms with Gasteiger partial charge in [0.1, 0.15) is 0 Å². The van der Waals surface area contributed by atoms with Gasteiger partial charge in [0.15, 0.2) is 0 Å². The molecule has 3 heteroatoms. The van der Waals surface area contributed by atoms with Gasteiger partial charge in [0, 0.05) is 36.2 Å². The highest BCUT2D eigenvalue weighted by Crippen LogP contribution is 2.21. The van der Waals surface area contributed by atoms with Crippen LogP contribution in [0.4, 0.5) is 5.69 Å². The number of benzene rings is 1. The van der Waals surface area contributed by atoms with Crippen LogP contribution in [-0.2, 0) is 6.54 Å². The third-order valence-corrected chi connectivity index (χ3v) is 5.04. The van der Waals surface area contributed by atoms with Gasteiger partial charge in [0.05, 0.1) is 0 Å². The van der Waals surface area contributed by atoms with Crippen LogP contribution < -0.4 is 10.2 Å². The summed E-state index contributed by atoms with van der Waals surface area (Å²) in [5, 5.41) is 5.72. The van der Waals surface area contributed by atoms with Crippen molar-refractivity contribution in [1.29, 1.82) is 0 Å². The van der Waals surface area contributed by atoms with Crippen LogP contribution in [0.15, 0.2) is 41.8 Å². The van der Waals surface area contributed by atoms with E-state index in [4.69, 9.17) is 0 Å². The largest absolute Gasteiger partial charge is 0.372 e. The molecular formula is C17H22N2S. The maximum absolute atomic E-state index is 3.59. The zero-order chi connectivity index (χ0) is 13.8. The summed E-state index contributed by atoms with van der Waals surface area (Å²) in [7, 11) is 0. The molecule has 1 aliphatic rings. The topological polar surface area (TPSA) is 15.3 Å². The number of rotatable bonds is 5. The highest BCUT2D eigenvalue weighted by Gasteiger charge is 2.12. The van der Waals surface area contributed by atoms with Gasteiger partial charge in [-0.2, -0.15) is 0 Å². The van der Waals surface area contributed by atoms with Crippen molar-refractivity contribution in [2.75, 3.05) is 18.0 Å².